The molecule has 0 aromatic heterocycles. The molecule has 0 spiro atoms. The van der Waals surface area contributed by atoms with Crippen LogP contribution in [0.3, 0.4) is 0 Å². The number of halogens is 3. The van der Waals surface area contributed by atoms with Gasteiger partial charge in [0.2, 0.25) is 5.91 Å². The maximum atomic E-state index is 13.5. The Balaban J connectivity index is 0.00000182. The predicted octanol–water partition coefficient (Wildman–Crippen LogP) is 2.66. The van der Waals surface area contributed by atoms with Crippen LogP contribution in [0.15, 0.2) is 18.2 Å². The van der Waals surface area contributed by atoms with E-state index in [1.807, 2.05) is 0 Å². The first-order chi connectivity index (χ1) is 11.5. The maximum absolute atomic E-state index is 13.5. The zero-order chi connectivity index (χ0) is 16.8. The standard InChI is InChI=1S/C18H22F2N2O2.ClH/c19-13-4-3-10(8-14(13)20)15-9-22(5-6-24-15)18(23)16-11-1-2-12(7-11)17(16)21;/h3-4,8,11-12,15-17H,1-2,5-7,9,21H2;1H. The number of fused-ring (bicyclic) bond motifs is 2. The Morgan fingerprint density at radius 3 is 2.64 bits per heavy atom. The van der Waals surface area contributed by atoms with Gasteiger partial charge in [0.1, 0.15) is 6.10 Å². The molecule has 25 heavy (non-hydrogen) atoms. The summed E-state index contributed by atoms with van der Waals surface area (Å²) in [5.74, 6) is -0.878. The lowest BCUT2D eigenvalue weighted by molar-refractivity contribution is -0.145. The van der Waals surface area contributed by atoms with Crippen molar-refractivity contribution in [2.75, 3.05) is 19.7 Å². The second kappa shape index (κ2) is 7.17. The fourth-order valence-electron chi connectivity index (χ4n) is 4.68. The fourth-order valence-corrected chi connectivity index (χ4v) is 4.68. The Kier molecular flexibility index (Phi) is 5.32. The molecule has 2 N–H and O–H groups in total. The van der Waals surface area contributed by atoms with E-state index in [1.165, 1.54) is 6.07 Å². The number of carbonyl (C=O) groups is 1. The molecule has 4 rings (SSSR count). The maximum Gasteiger partial charge on any atom is 0.227 e. The van der Waals surface area contributed by atoms with Crippen molar-refractivity contribution in [3.8, 4) is 0 Å². The SMILES string of the molecule is Cl.NC1C2CCC(C2)C1C(=O)N1CCOC(c2ccc(F)c(F)c2)C1. The summed E-state index contributed by atoms with van der Waals surface area (Å²) in [5, 5.41) is 0. The molecule has 3 fully saturated rings. The number of nitrogens with zero attached hydrogens (tertiary/aromatic N) is 1. The molecule has 1 amide bonds. The molecule has 1 aliphatic heterocycles. The first-order valence-electron chi connectivity index (χ1n) is 8.65. The number of carbonyl (C=O) groups excluding carboxylic acids is 1. The molecule has 2 bridgehead atoms. The van der Waals surface area contributed by atoms with E-state index in [9.17, 15) is 13.6 Å². The average Bonchev–Trinajstić information content (AvgIpc) is 3.18. The van der Waals surface area contributed by atoms with Crippen LogP contribution in [-0.4, -0.2) is 36.5 Å². The van der Waals surface area contributed by atoms with Gasteiger partial charge in [-0.25, -0.2) is 8.78 Å². The smallest absolute Gasteiger partial charge is 0.227 e. The van der Waals surface area contributed by atoms with E-state index in [2.05, 4.69) is 0 Å². The van der Waals surface area contributed by atoms with E-state index in [1.54, 1.807) is 4.90 Å². The van der Waals surface area contributed by atoms with Crippen LogP contribution in [-0.2, 0) is 9.53 Å². The van der Waals surface area contributed by atoms with E-state index in [-0.39, 0.29) is 30.3 Å². The van der Waals surface area contributed by atoms with Gasteiger partial charge in [-0.1, -0.05) is 6.07 Å². The molecule has 0 radical (unpaired) electrons. The van der Waals surface area contributed by atoms with Crippen LogP contribution in [0.5, 0.6) is 0 Å². The Hall–Kier alpha value is -1.24. The van der Waals surface area contributed by atoms with Crippen molar-refractivity contribution in [3.05, 3.63) is 35.4 Å². The van der Waals surface area contributed by atoms with E-state index >= 15 is 0 Å². The molecule has 1 aromatic rings. The third kappa shape index (κ3) is 3.27. The normalized spacial score (nSPS) is 34.0. The minimum Gasteiger partial charge on any atom is -0.370 e. The van der Waals surface area contributed by atoms with Gasteiger partial charge >= 0.3 is 0 Å². The Bertz CT molecular complexity index is 658. The van der Waals surface area contributed by atoms with Crippen molar-refractivity contribution in [3.63, 3.8) is 0 Å². The third-order valence-corrected chi connectivity index (χ3v) is 5.96. The van der Waals surface area contributed by atoms with Crippen LogP contribution >= 0.6 is 12.4 Å². The van der Waals surface area contributed by atoms with Crippen molar-refractivity contribution < 1.29 is 18.3 Å². The van der Waals surface area contributed by atoms with Gasteiger partial charge in [-0.3, -0.25) is 4.79 Å². The molecule has 3 aliphatic rings. The highest BCUT2D eigenvalue weighted by Crippen LogP contribution is 2.48. The van der Waals surface area contributed by atoms with E-state index < -0.39 is 17.7 Å². The summed E-state index contributed by atoms with van der Waals surface area (Å²) in [7, 11) is 0. The lowest BCUT2D eigenvalue weighted by Gasteiger charge is -2.37. The third-order valence-electron chi connectivity index (χ3n) is 5.96. The quantitative estimate of drug-likeness (QED) is 0.868. The van der Waals surface area contributed by atoms with Crippen molar-refractivity contribution in [2.45, 2.75) is 31.4 Å². The Morgan fingerprint density at radius 1 is 1.20 bits per heavy atom. The molecule has 2 aliphatic carbocycles. The van der Waals surface area contributed by atoms with Gasteiger partial charge in [-0.15, -0.1) is 12.4 Å². The summed E-state index contributed by atoms with van der Waals surface area (Å²) in [6.07, 6.45) is 2.86. The predicted molar refractivity (Wildman–Crippen MR) is 91.2 cm³/mol. The number of benzene rings is 1. The number of rotatable bonds is 2. The molecule has 5 atom stereocenters. The van der Waals surface area contributed by atoms with Crippen molar-refractivity contribution >= 4 is 18.3 Å². The van der Waals surface area contributed by atoms with Gasteiger partial charge in [-0.2, -0.15) is 0 Å². The zero-order valence-electron chi connectivity index (χ0n) is 13.9. The molecular formula is C18H23ClF2N2O2. The second-order valence-electron chi connectivity index (χ2n) is 7.25. The van der Waals surface area contributed by atoms with Gasteiger partial charge in [0, 0.05) is 12.6 Å². The molecule has 5 unspecified atom stereocenters. The van der Waals surface area contributed by atoms with E-state index in [0.29, 0.717) is 37.1 Å². The topological polar surface area (TPSA) is 55.6 Å². The van der Waals surface area contributed by atoms with Gasteiger partial charge in [0.05, 0.1) is 19.1 Å². The van der Waals surface area contributed by atoms with Crippen LogP contribution in [0.1, 0.15) is 30.9 Å². The summed E-state index contributed by atoms with van der Waals surface area (Å²) in [6, 6.07) is 3.72. The molecule has 2 saturated carbocycles. The minimum absolute atomic E-state index is 0. The lowest BCUT2D eigenvalue weighted by atomic mass is 9.84. The van der Waals surface area contributed by atoms with Gasteiger partial charge < -0.3 is 15.4 Å². The summed E-state index contributed by atoms with van der Waals surface area (Å²) < 4.78 is 32.2. The van der Waals surface area contributed by atoms with Gasteiger partial charge in [0.15, 0.2) is 11.6 Å². The fraction of sp³-hybridized carbons (Fsp3) is 0.611. The highest BCUT2D eigenvalue weighted by molar-refractivity contribution is 5.85. The van der Waals surface area contributed by atoms with E-state index in [0.717, 1.165) is 31.4 Å². The van der Waals surface area contributed by atoms with Gasteiger partial charge in [0.25, 0.3) is 0 Å². The van der Waals surface area contributed by atoms with Crippen LogP contribution in [0, 0.1) is 29.4 Å². The lowest BCUT2D eigenvalue weighted by Crippen LogP contribution is -2.50. The Labute approximate surface area is 152 Å². The second-order valence-corrected chi connectivity index (χ2v) is 7.25. The van der Waals surface area contributed by atoms with Crippen molar-refractivity contribution in [1.29, 1.82) is 0 Å². The zero-order valence-corrected chi connectivity index (χ0v) is 14.7. The van der Waals surface area contributed by atoms with Crippen LogP contribution in [0.25, 0.3) is 0 Å². The first kappa shape index (κ1) is 18.5. The molecule has 7 heteroatoms. The molecule has 1 saturated heterocycles. The number of hydrogen-bond acceptors (Lipinski definition) is 3. The minimum atomic E-state index is -0.894. The summed E-state index contributed by atoms with van der Waals surface area (Å²) >= 11 is 0. The molecule has 138 valence electrons. The monoisotopic (exact) mass is 372 g/mol. The summed E-state index contributed by atoms with van der Waals surface area (Å²) in [6.45, 7) is 1.29. The molecule has 1 aromatic carbocycles. The number of morpholine rings is 1. The van der Waals surface area contributed by atoms with Crippen LogP contribution < -0.4 is 5.73 Å². The summed E-state index contributed by atoms with van der Waals surface area (Å²) in [4.78, 5) is 14.7. The number of nitrogens with two attached hydrogens (primary N) is 1. The number of amides is 1. The highest BCUT2D eigenvalue weighted by atomic mass is 35.5. The highest BCUT2D eigenvalue weighted by Gasteiger charge is 2.50. The van der Waals surface area contributed by atoms with Crippen molar-refractivity contribution in [2.24, 2.45) is 23.5 Å². The number of hydrogen-bond donors (Lipinski definition) is 1. The largest absolute Gasteiger partial charge is 0.370 e. The average molecular weight is 373 g/mol. The number of ether oxygens (including phenoxy) is 1. The van der Waals surface area contributed by atoms with Gasteiger partial charge in [-0.05, 0) is 48.8 Å². The molecule has 4 nitrogen and oxygen atoms in total. The van der Waals surface area contributed by atoms with Crippen LogP contribution in [0.4, 0.5) is 8.78 Å². The molecule has 1 heterocycles. The molecular weight excluding hydrogens is 350 g/mol. The van der Waals surface area contributed by atoms with Crippen LogP contribution in [0.2, 0.25) is 0 Å². The summed E-state index contributed by atoms with van der Waals surface area (Å²) in [5.41, 5.74) is 6.84. The van der Waals surface area contributed by atoms with Crippen molar-refractivity contribution in [1.82, 2.24) is 4.90 Å². The van der Waals surface area contributed by atoms with E-state index in [4.69, 9.17) is 10.5 Å². The Morgan fingerprint density at radius 2 is 1.96 bits per heavy atom. The first-order valence-corrected chi connectivity index (χ1v) is 8.65.